The van der Waals surface area contributed by atoms with Gasteiger partial charge >= 0.3 is 0 Å². The fourth-order valence-electron chi connectivity index (χ4n) is 2.92. The molecule has 0 saturated carbocycles. The third-order valence-electron chi connectivity index (χ3n) is 4.38. The molecule has 1 aliphatic rings. The second-order valence-corrected chi connectivity index (χ2v) is 6.87. The Balaban J connectivity index is 2.07. The van der Waals surface area contributed by atoms with Crippen molar-refractivity contribution in [2.24, 2.45) is 11.1 Å². The van der Waals surface area contributed by atoms with Gasteiger partial charge in [-0.25, -0.2) is 0 Å². The fourth-order valence-corrected chi connectivity index (χ4v) is 2.92. The summed E-state index contributed by atoms with van der Waals surface area (Å²) in [5.41, 5.74) is 9.01. The van der Waals surface area contributed by atoms with Crippen molar-refractivity contribution in [1.82, 2.24) is 4.90 Å². The van der Waals surface area contributed by atoms with Gasteiger partial charge in [0, 0.05) is 0 Å². The van der Waals surface area contributed by atoms with Gasteiger partial charge in [0.05, 0.1) is 0 Å². The van der Waals surface area contributed by atoms with Gasteiger partial charge in [-0.3, -0.25) is 0 Å². The van der Waals surface area contributed by atoms with E-state index in [1.165, 1.54) is 37.1 Å². The molecule has 1 heterocycles. The zero-order chi connectivity index (χ0) is 13.9. The molecule has 1 aromatic carbocycles. The molecule has 2 N–H and O–H groups in total. The van der Waals surface area contributed by atoms with E-state index in [9.17, 15) is 0 Å². The maximum absolute atomic E-state index is 5.84. The van der Waals surface area contributed by atoms with E-state index in [2.05, 4.69) is 50.1 Å². The van der Waals surface area contributed by atoms with Gasteiger partial charge in [-0.1, -0.05) is 38.1 Å². The predicted octanol–water partition coefficient (Wildman–Crippen LogP) is 3.02. The highest BCUT2D eigenvalue weighted by atomic mass is 15.1. The van der Waals surface area contributed by atoms with Crippen LogP contribution in [-0.2, 0) is 6.42 Å². The SMILES string of the molecule is CN1CCC(c2cccc(CC(C)(C)CN)c2)CC1. The standard InChI is InChI=1S/C17H28N2/c1-17(2,13-18)12-14-5-4-6-16(11-14)15-7-9-19(3)10-8-15/h4-6,11,15H,7-10,12-13,18H2,1-3H3. The van der Waals surface area contributed by atoms with Gasteiger partial charge in [-0.15, -0.1) is 0 Å². The summed E-state index contributed by atoms with van der Waals surface area (Å²) in [6.45, 7) is 7.68. The third kappa shape index (κ3) is 4.05. The smallest absolute Gasteiger partial charge is 0.00159 e. The molecule has 1 aromatic rings. The van der Waals surface area contributed by atoms with Crippen LogP contribution in [0, 0.1) is 5.41 Å². The highest BCUT2D eigenvalue weighted by Crippen LogP contribution is 2.29. The normalized spacial score (nSPS) is 18.7. The van der Waals surface area contributed by atoms with Gasteiger partial charge in [0.25, 0.3) is 0 Å². The molecule has 0 bridgehead atoms. The van der Waals surface area contributed by atoms with E-state index in [0.717, 1.165) is 18.9 Å². The lowest BCUT2D eigenvalue weighted by molar-refractivity contribution is 0.255. The van der Waals surface area contributed by atoms with Crippen LogP contribution in [-0.4, -0.2) is 31.6 Å². The van der Waals surface area contributed by atoms with Crippen LogP contribution in [0.4, 0.5) is 0 Å². The summed E-state index contributed by atoms with van der Waals surface area (Å²) in [4.78, 5) is 2.43. The number of benzene rings is 1. The Morgan fingerprint density at radius 1 is 1.26 bits per heavy atom. The van der Waals surface area contributed by atoms with Gasteiger partial charge in [0.1, 0.15) is 0 Å². The van der Waals surface area contributed by atoms with Crippen LogP contribution in [0.15, 0.2) is 24.3 Å². The molecule has 2 rings (SSSR count). The first-order chi connectivity index (χ1) is 9.00. The number of hydrogen-bond acceptors (Lipinski definition) is 2. The van der Waals surface area contributed by atoms with Crippen molar-refractivity contribution in [2.45, 2.75) is 39.0 Å². The Labute approximate surface area is 118 Å². The van der Waals surface area contributed by atoms with Crippen molar-refractivity contribution in [3.05, 3.63) is 35.4 Å². The van der Waals surface area contributed by atoms with E-state index in [4.69, 9.17) is 5.73 Å². The summed E-state index contributed by atoms with van der Waals surface area (Å²) in [5, 5.41) is 0. The van der Waals surface area contributed by atoms with Gasteiger partial charge < -0.3 is 10.6 Å². The van der Waals surface area contributed by atoms with Crippen LogP contribution in [0.2, 0.25) is 0 Å². The monoisotopic (exact) mass is 260 g/mol. The molecule has 1 aliphatic heterocycles. The number of hydrogen-bond donors (Lipinski definition) is 1. The summed E-state index contributed by atoms with van der Waals surface area (Å²) in [7, 11) is 2.22. The van der Waals surface area contributed by atoms with Crippen molar-refractivity contribution in [2.75, 3.05) is 26.7 Å². The van der Waals surface area contributed by atoms with E-state index in [1.807, 2.05) is 0 Å². The van der Waals surface area contributed by atoms with Crippen LogP contribution in [0.25, 0.3) is 0 Å². The Morgan fingerprint density at radius 2 is 1.95 bits per heavy atom. The Morgan fingerprint density at radius 3 is 2.58 bits per heavy atom. The number of piperidine rings is 1. The number of nitrogens with zero attached hydrogens (tertiary/aromatic N) is 1. The summed E-state index contributed by atoms with van der Waals surface area (Å²) < 4.78 is 0. The summed E-state index contributed by atoms with van der Waals surface area (Å²) in [6.07, 6.45) is 3.66. The lowest BCUT2D eigenvalue weighted by Crippen LogP contribution is -2.29. The molecule has 0 unspecified atom stereocenters. The lowest BCUT2D eigenvalue weighted by atomic mass is 9.83. The summed E-state index contributed by atoms with van der Waals surface area (Å²) >= 11 is 0. The maximum atomic E-state index is 5.84. The molecule has 0 amide bonds. The predicted molar refractivity (Wildman–Crippen MR) is 82.5 cm³/mol. The number of likely N-dealkylation sites (tertiary alicyclic amines) is 1. The quantitative estimate of drug-likeness (QED) is 0.901. The molecule has 1 fully saturated rings. The van der Waals surface area contributed by atoms with Crippen LogP contribution in [0.5, 0.6) is 0 Å². The molecule has 0 spiro atoms. The molecule has 106 valence electrons. The minimum atomic E-state index is 0.200. The van der Waals surface area contributed by atoms with E-state index >= 15 is 0 Å². The highest BCUT2D eigenvalue weighted by Gasteiger charge is 2.20. The van der Waals surface area contributed by atoms with Crippen molar-refractivity contribution in [3.8, 4) is 0 Å². The molecular weight excluding hydrogens is 232 g/mol. The minimum Gasteiger partial charge on any atom is -0.330 e. The summed E-state index contributed by atoms with van der Waals surface area (Å²) in [5.74, 6) is 0.747. The Hall–Kier alpha value is -0.860. The average Bonchev–Trinajstić information content (AvgIpc) is 2.39. The lowest BCUT2D eigenvalue weighted by Gasteiger charge is -2.30. The molecule has 0 radical (unpaired) electrons. The number of rotatable bonds is 4. The van der Waals surface area contributed by atoms with E-state index < -0.39 is 0 Å². The Bertz CT molecular complexity index is 403. The molecular formula is C17H28N2. The first-order valence-electron chi connectivity index (χ1n) is 7.48. The van der Waals surface area contributed by atoms with Crippen LogP contribution >= 0.6 is 0 Å². The molecule has 2 heteroatoms. The minimum absolute atomic E-state index is 0.200. The summed E-state index contributed by atoms with van der Waals surface area (Å²) in [6, 6.07) is 9.17. The van der Waals surface area contributed by atoms with Crippen molar-refractivity contribution < 1.29 is 0 Å². The van der Waals surface area contributed by atoms with E-state index in [0.29, 0.717) is 0 Å². The van der Waals surface area contributed by atoms with Crippen LogP contribution in [0.1, 0.15) is 43.7 Å². The second kappa shape index (κ2) is 6.06. The first kappa shape index (κ1) is 14.5. The highest BCUT2D eigenvalue weighted by molar-refractivity contribution is 5.27. The van der Waals surface area contributed by atoms with Gasteiger partial charge in [0.15, 0.2) is 0 Å². The largest absolute Gasteiger partial charge is 0.330 e. The maximum Gasteiger partial charge on any atom is -0.00159 e. The van der Waals surface area contributed by atoms with Crippen molar-refractivity contribution in [1.29, 1.82) is 0 Å². The molecule has 19 heavy (non-hydrogen) atoms. The Kier molecular flexibility index (Phi) is 4.64. The van der Waals surface area contributed by atoms with Crippen LogP contribution in [0.3, 0.4) is 0 Å². The second-order valence-electron chi connectivity index (χ2n) is 6.87. The third-order valence-corrected chi connectivity index (χ3v) is 4.38. The molecule has 0 aromatic heterocycles. The molecule has 0 aliphatic carbocycles. The van der Waals surface area contributed by atoms with Gasteiger partial charge in [-0.2, -0.15) is 0 Å². The van der Waals surface area contributed by atoms with Crippen LogP contribution < -0.4 is 5.73 Å². The first-order valence-corrected chi connectivity index (χ1v) is 7.48. The molecule has 1 saturated heterocycles. The average molecular weight is 260 g/mol. The van der Waals surface area contributed by atoms with Gasteiger partial charge in [-0.05, 0) is 68.4 Å². The zero-order valence-corrected chi connectivity index (χ0v) is 12.7. The molecule has 2 nitrogen and oxygen atoms in total. The van der Waals surface area contributed by atoms with Crippen molar-refractivity contribution >= 4 is 0 Å². The topological polar surface area (TPSA) is 29.3 Å². The van der Waals surface area contributed by atoms with Gasteiger partial charge in [0.2, 0.25) is 0 Å². The van der Waals surface area contributed by atoms with E-state index in [-0.39, 0.29) is 5.41 Å². The van der Waals surface area contributed by atoms with E-state index in [1.54, 1.807) is 0 Å². The van der Waals surface area contributed by atoms with Crippen molar-refractivity contribution in [3.63, 3.8) is 0 Å². The number of nitrogens with two attached hydrogens (primary N) is 1. The molecule has 0 atom stereocenters. The fraction of sp³-hybridized carbons (Fsp3) is 0.647. The zero-order valence-electron chi connectivity index (χ0n) is 12.7.